The molecule has 4 aliphatic rings. The standard InChI is InChI=1S/C15H22N2/c1-13-5-11-6-14(2,8-13)10-15(7-11,9-13)12(17)3-4-16/h3,11H,5-10,17H2,1-2H3. The van der Waals surface area contributed by atoms with E-state index in [0.717, 1.165) is 11.6 Å². The van der Waals surface area contributed by atoms with Crippen LogP contribution in [0.5, 0.6) is 0 Å². The van der Waals surface area contributed by atoms with Crippen LogP contribution in [-0.4, -0.2) is 0 Å². The highest BCUT2D eigenvalue weighted by Gasteiger charge is 2.60. The monoisotopic (exact) mass is 230 g/mol. The highest BCUT2D eigenvalue weighted by molar-refractivity contribution is 5.25. The van der Waals surface area contributed by atoms with Crippen LogP contribution in [0.4, 0.5) is 0 Å². The molecule has 2 N–H and O–H groups in total. The molecule has 2 heteroatoms. The summed E-state index contributed by atoms with van der Waals surface area (Å²) in [5.74, 6) is 0.840. The first kappa shape index (κ1) is 11.1. The highest BCUT2D eigenvalue weighted by atomic mass is 14.7. The summed E-state index contributed by atoms with van der Waals surface area (Å²) in [6.07, 6.45) is 9.35. The van der Waals surface area contributed by atoms with E-state index in [-0.39, 0.29) is 5.41 Å². The molecule has 0 amide bonds. The molecule has 2 atom stereocenters. The number of hydrogen-bond donors (Lipinski definition) is 1. The lowest BCUT2D eigenvalue weighted by atomic mass is 9.40. The predicted molar refractivity (Wildman–Crippen MR) is 67.7 cm³/mol. The maximum Gasteiger partial charge on any atom is 0.0930 e. The molecule has 4 fully saturated rings. The second-order valence-electron chi connectivity index (χ2n) is 7.64. The lowest BCUT2D eigenvalue weighted by Crippen LogP contribution is -2.56. The van der Waals surface area contributed by atoms with Crippen molar-refractivity contribution >= 4 is 0 Å². The SMILES string of the molecule is CC12CC3CC(C)(C1)CC(C(N)=CC#N)(C3)C2. The van der Waals surface area contributed by atoms with Crippen molar-refractivity contribution in [2.75, 3.05) is 0 Å². The van der Waals surface area contributed by atoms with E-state index < -0.39 is 0 Å². The van der Waals surface area contributed by atoms with Gasteiger partial charge in [-0.05, 0) is 55.3 Å². The Hall–Kier alpha value is -0.970. The minimum absolute atomic E-state index is 0.151. The lowest BCUT2D eigenvalue weighted by Gasteiger charge is -2.65. The number of rotatable bonds is 1. The minimum Gasteiger partial charge on any atom is -0.401 e. The van der Waals surface area contributed by atoms with Crippen molar-refractivity contribution in [1.29, 1.82) is 5.26 Å². The first-order valence-electron chi connectivity index (χ1n) is 6.75. The molecule has 0 saturated heterocycles. The van der Waals surface area contributed by atoms with E-state index in [2.05, 4.69) is 19.9 Å². The molecule has 92 valence electrons. The van der Waals surface area contributed by atoms with E-state index in [9.17, 15) is 0 Å². The Morgan fingerprint density at radius 2 is 1.76 bits per heavy atom. The quantitative estimate of drug-likeness (QED) is 0.702. The van der Waals surface area contributed by atoms with Gasteiger partial charge in [-0.15, -0.1) is 0 Å². The number of nitrogens with two attached hydrogens (primary N) is 1. The summed E-state index contributed by atoms with van der Waals surface area (Å²) in [7, 11) is 0. The second kappa shape index (κ2) is 3.07. The molecule has 0 aromatic rings. The normalized spacial score (nSPS) is 52.5. The van der Waals surface area contributed by atoms with Gasteiger partial charge < -0.3 is 5.73 Å². The third-order valence-corrected chi connectivity index (χ3v) is 5.46. The minimum atomic E-state index is 0.151. The van der Waals surface area contributed by atoms with Crippen molar-refractivity contribution in [3.63, 3.8) is 0 Å². The Labute approximate surface area is 104 Å². The number of nitriles is 1. The Morgan fingerprint density at radius 3 is 2.24 bits per heavy atom. The molecule has 0 aromatic heterocycles. The van der Waals surface area contributed by atoms with Crippen LogP contribution in [0.2, 0.25) is 0 Å². The van der Waals surface area contributed by atoms with E-state index in [1.165, 1.54) is 38.5 Å². The fourth-order valence-electron chi connectivity index (χ4n) is 5.99. The Balaban J connectivity index is 2.04. The molecule has 4 aliphatic carbocycles. The van der Waals surface area contributed by atoms with Crippen molar-refractivity contribution < 1.29 is 0 Å². The van der Waals surface area contributed by atoms with E-state index in [0.29, 0.717) is 10.8 Å². The zero-order chi connectivity index (χ0) is 12.3. The smallest absolute Gasteiger partial charge is 0.0930 e. The third-order valence-electron chi connectivity index (χ3n) is 5.46. The van der Waals surface area contributed by atoms with Gasteiger partial charge in [0.2, 0.25) is 0 Å². The first-order chi connectivity index (χ1) is 7.89. The van der Waals surface area contributed by atoms with Crippen LogP contribution in [0.15, 0.2) is 11.8 Å². The molecule has 17 heavy (non-hydrogen) atoms. The maximum atomic E-state index is 8.86. The molecule has 0 radical (unpaired) electrons. The predicted octanol–water partition coefficient (Wildman–Crippen LogP) is 3.35. The number of allylic oxidation sites excluding steroid dienone is 2. The van der Waals surface area contributed by atoms with E-state index in [1.54, 1.807) is 6.08 Å². The Kier molecular flexibility index (Phi) is 2.01. The zero-order valence-corrected chi connectivity index (χ0v) is 10.9. The van der Waals surface area contributed by atoms with Crippen molar-refractivity contribution in [1.82, 2.24) is 0 Å². The largest absolute Gasteiger partial charge is 0.401 e. The van der Waals surface area contributed by atoms with Gasteiger partial charge in [0.05, 0.1) is 6.07 Å². The van der Waals surface area contributed by atoms with Crippen LogP contribution >= 0.6 is 0 Å². The van der Waals surface area contributed by atoms with E-state index in [1.807, 2.05) is 0 Å². The Bertz CT molecular complexity index is 411. The van der Waals surface area contributed by atoms with E-state index >= 15 is 0 Å². The summed E-state index contributed by atoms with van der Waals surface area (Å²) < 4.78 is 0. The molecule has 2 nitrogen and oxygen atoms in total. The highest BCUT2D eigenvalue weighted by Crippen LogP contribution is 2.70. The van der Waals surface area contributed by atoms with Gasteiger partial charge in [0.25, 0.3) is 0 Å². The van der Waals surface area contributed by atoms with Crippen LogP contribution in [0.3, 0.4) is 0 Å². The zero-order valence-electron chi connectivity index (χ0n) is 10.9. The molecule has 2 unspecified atom stereocenters. The van der Waals surface area contributed by atoms with Crippen LogP contribution in [0.1, 0.15) is 52.4 Å². The average molecular weight is 230 g/mol. The summed E-state index contributed by atoms with van der Waals surface area (Å²) in [6, 6.07) is 2.13. The Morgan fingerprint density at radius 1 is 1.18 bits per heavy atom. The van der Waals surface area contributed by atoms with Crippen molar-refractivity contribution in [3.8, 4) is 6.07 Å². The van der Waals surface area contributed by atoms with Gasteiger partial charge in [0.15, 0.2) is 0 Å². The maximum absolute atomic E-state index is 8.86. The van der Waals surface area contributed by atoms with E-state index in [4.69, 9.17) is 11.0 Å². The van der Waals surface area contributed by atoms with Crippen molar-refractivity contribution in [2.45, 2.75) is 52.4 Å². The summed E-state index contributed by atoms with van der Waals surface area (Å²) in [5.41, 5.74) is 8.20. The van der Waals surface area contributed by atoms with Gasteiger partial charge in [-0.3, -0.25) is 0 Å². The molecular formula is C15H22N2. The van der Waals surface area contributed by atoms with Crippen LogP contribution in [-0.2, 0) is 0 Å². The second-order valence-corrected chi connectivity index (χ2v) is 7.64. The molecule has 4 rings (SSSR count). The van der Waals surface area contributed by atoms with Crippen LogP contribution < -0.4 is 5.73 Å². The molecule has 0 spiro atoms. The van der Waals surface area contributed by atoms with Gasteiger partial charge in [0.1, 0.15) is 0 Å². The summed E-state index contributed by atoms with van der Waals surface area (Å²) >= 11 is 0. The van der Waals surface area contributed by atoms with Gasteiger partial charge in [-0.2, -0.15) is 5.26 Å². The topological polar surface area (TPSA) is 49.8 Å². The summed E-state index contributed by atoms with van der Waals surface area (Å²) in [5, 5.41) is 8.86. The molecular weight excluding hydrogens is 208 g/mol. The summed E-state index contributed by atoms with van der Waals surface area (Å²) in [6.45, 7) is 4.87. The molecule has 0 aliphatic heterocycles. The fourth-order valence-corrected chi connectivity index (χ4v) is 5.99. The van der Waals surface area contributed by atoms with Gasteiger partial charge >= 0.3 is 0 Å². The molecule has 0 heterocycles. The van der Waals surface area contributed by atoms with Gasteiger partial charge in [0, 0.05) is 17.2 Å². The molecule has 0 aromatic carbocycles. The molecule has 4 saturated carbocycles. The number of hydrogen-bond acceptors (Lipinski definition) is 2. The van der Waals surface area contributed by atoms with Gasteiger partial charge in [-0.1, -0.05) is 13.8 Å². The average Bonchev–Trinajstić information content (AvgIpc) is 2.11. The van der Waals surface area contributed by atoms with Crippen molar-refractivity contribution in [3.05, 3.63) is 11.8 Å². The first-order valence-corrected chi connectivity index (χ1v) is 6.75. The van der Waals surface area contributed by atoms with Crippen LogP contribution in [0.25, 0.3) is 0 Å². The van der Waals surface area contributed by atoms with Crippen LogP contribution in [0, 0.1) is 33.5 Å². The van der Waals surface area contributed by atoms with Gasteiger partial charge in [-0.25, -0.2) is 0 Å². The van der Waals surface area contributed by atoms with Crippen molar-refractivity contribution in [2.24, 2.45) is 27.9 Å². The fraction of sp³-hybridized carbons (Fsp3) is 0.800. The molecule has 4 bridgehead atoms. The summed E-state index contributed by atoms with van der Waals surface area (Å²) in [4.78, 5) is 0. The third kappa shape index (κ3) is 1.52. The lowest BCUT2D eigenvalue weighted by molar-refractivity contribution is -0.129. The number of nitrogens with zero attached hydrogens (tertiary/aromatic N) is 1.